The van der Waals surface area contributed by atoms with Gasteiger partial charge in [-0.05, 0) is 49.4 Å². The summed E-state index contributed by atoms with van der Waals surface area (Å²) in [7, 11) is 1.91. The summed E-state index contributed by atoms with van der Waals surface area (Å²) < 4.78 is 26.4. The van der Waals surface area contributed by atoms with Crippen LogP contribution < -0.4 is 5.73 Å². The highest BCUT2D eigenvalue weighted by Crippen LogP contribution is 2.22. The molecule has 2 aromatic rings. The molecule has 1 unspecified atom stereocenters. The molecule has 0 heterocycles. The van der Waals surface area contributed by atoms with Crippen molar-refractivity contribution in [2.75, 3.05) is 12.8 Å². The van der Waals surface area contributed by atoms with E-state index in [1.807, 2.05) is 43.1 Å². The van der Waals surface area contributed by atoms with Gasteiger partial charge in [0.15, 0.2) is 0 Å². The maximum atomic E-state index is 13.2. The number of halogens is 2. The maximum absolute atomic E-state index is 13.2. The molecule has 2 aromatic carbocycles. The lowest BCUT2D eigenvalue weighted by atomic mass is 10.1. The fourth-order valence-electron chi connectivity index (χ4n) is 2.20. The molecule has 2 nitrogen and oxygen atoms in total. The van der Waals surface area contributed by atoms with Crippen molar-refractivity contribution in [3.8, 4) is 0 Å². The van der Waals surface area contributed by atoms with Crippen LogP contribution in [0.2, 0.25) is 0 Å². The second-order valence-corrected chi connectivity index (χ2v) is 5.04. The van der Waals surface area contributed by atoms with E-state index in [1.54, 1.807) is 0 Å². The largest absolute Gasteiger partial charge is 0.399 e. The maximum Gasteiger partial charge on any atom is 0.126 e. The van der Waals surface area contributed by atoms with E-state index in [-0.39, 0.29) is 6.04 Å². The van der Waals surface area contributed by atoms with E-state index in [4.69, 9.17) is 5.73 Å². The molecular formula is C16H18F2N2. The molecule has 0 aliphatic rings. The summed E-state index contributed by atoms with van der Waals surface area (Å²) in [5, 5.41) is 0. The molecule has 106 valence electrons. The van der Waals surface area contributed by atoms with Crippen LogP contribution in [0, 0.1) is 11.6 Å². The van der Waals surface area contributed by atoms with Crippen LogP contribution in [-0.2, 0) is 6.54 Å². The number of hydrogen-bond donors (Lipinski definition) is 1. The highest BCUT2D eigenvalue weighted by molar-refractivity contribution is 5.41. The van der Waals surface area contributed by atoms with Crippen molar-refractivity contribution in [2.45, 2.75) is 19.5 Å². The van der Waals surface area contributed by atoms with Gasteiger partial charge >= 0.3 is 0 Å². The van der Waals surface area contributed by atoms with Crippen molar-refractivity contribution in [3.63, 3.8) is 0 Å². The van der Waals surface area contributed by atoms with E-state index < -0.39 is 11.6 Å². The number of rotatable bonds is 4. The van der Waals surface area contributed by atoms with Gasteiger partial charge in [-0.2, -0.15) is 0 Å². The number of nitrogens with zero attached hydrogens (tertiary/aromatic N) is 1. The van der Waals surface area contributed by atoms with Crippen LogP contribution in [-0.4, -0.2) is 11.9 Å². The molecule has 0 aliphatic carbocycles. The first-order chi connectivity index (χ1) is 9.45. The quantitative estimate of drug-likeness (QED) is 0.862. The Kier molecular flexibility index (Phi) is 4.35. The zero-order valence-corrected chi connectivity index (χ0v) is 11.6. The molecule has 0 aliphatic heterocycles. The first-order valence-corrected chi connectivity index (χ1v) is 6.46. The minimum absolute atomic E-state index is 0.102. The summed E-state index contributed by atoms with van der Waals surface area (Å²) in [6.07, 6.45) is 0. The molecule has 0 aromatic heterocycles. The summed E-state index contributed by atoms with van der Waals surface area (Å²) in [5.74, 6) is -1.10. The monoisotopic (exact) mass is 276 g/mol. The van der Waals surface area contributed by atoms with Crippen LogP contribution in [0.1, 0.15) is 24.1 Å². The lowest BCUT2D eigenvalue weighted by molar-refractivity contribution is 0.252. The standard InChI is InChI=1S/C16H18F2N2/c1-11(13-4-3-5-16(19)8-13)20(2)10-12-6-14(17)9-15(18)7-12/h3-9,11H,10,19H2,1-2H3. The smallest absolute Gasteiger partial charge is 0.126 e. The van der Waals surface area contributed by atoms with Gasteiger partial charge in [-0.25, -0.2) is 8.78 Å². The summed E-state index contributed by atoms with van der Waals surface area (Å²) >= 11 is 0. The molecule has 2 rings (SSSR count). The van der Waals surface area contributed by atoms with Gasteiger partial charge in [0.25, 0.3) is 0 Å². The van der Waals surface area contributed by atoms with Crippen LogP contribution in [0.3, 0.4) is 0 Å². The Morgan fingerprint density at radius 3 is 2.35 bits per heavy atom. The van der Waals surface area contributed by atoms with E-state index in [0.717, 1.165) is 11.6 Å². The summed E-state index contributed by atoms with van der Waals surface area (Å²) in [4.78, 5) is 2.02. The third kappa shape index (κ3) is 3.54. The van der Waals surface area contributed by atoms with Crippen molar-refractivity contribution < 1.29 is 8.78 Å². The second-order valence-electron chi connectivity index (χ2n) is 5.04. The number of nitrogen functional groups attached to an aromatic ring is 1. The zero-order chi connectivity index (χ0) is 14.7. The third-order valence-corrected chi connectivity index (χ3v) is 3.41. The molecule has 0 amide bonds. The van der Waals surface area contributed by atoms with Crippen molar-refractivity contribution in [1.29, 1.82) is 0 Å². The fraction of sp³-hybridized carbons (Fsp3) is 0.250. The molecule has 0 bridgehead atoms. The Hall–Kier alpha value is -1.94. The molecular weight excluding hydrogens is 258 g/mol. The average Bonchev–Trinajstić information content (AvgIpc) is 2.36. The fourth-order valence-corrected chi connectivity index (χ4v) is 2.20. The predicted molar refractivity (Wildman–Crippen MR) is 77.1 cm³/mol. The van der Waals surface area contributed by atoms with Gasteiger partial charge in [-0.15, -0.1) is 0 Å². The van der Waals surface area contributed by atoms with Crippen LogP contribution in [0.5, 0.6) is 0 Å². The Bertz CT molecular complexity index is 579. The highest BCUT2D eigenvalue weighted by atomic mass is 19.1. The summed E-state index contributed by atoms with van der Waals surface area (Å²) in [5.41, 5.74) is 8.16. The number of nitrogens with two attached hydrogens (primary N) is 1. The van der Waals surface area contributed by atoms with Crippen LogP contribution in [0.4, 0.5) is 14.5 Å². The van der Waals surface area contributed by atoms with E-state index in [1.165, 1.54) is 12.1 Å². The molecule has 4 heteroatoms. The number of benzene rings is 2. The lowest BCUT2D eigenvalue weighted by Gasteiger charge is -2.25. The van der Waals surface area contributed by atoms with E-state index in [9.17, 15) is 8.78 Å². The molecule has 20 heavy (non-hydrogen) atoms. The molecule has 0 radical (unpaired) electrons. The van der Waals surface area contributed by atoms with Gasteiger partial charge < -0.3 is 5.73 Å². The van der Waals surface area contributed by atoms with Gasteiger partial charge in [-0.3, -0.25) is 4.90 Å². The second kappa shape index (κ2) is 6.01. The Balaban J connectivity index is 2.13. The molecule has 0 saturated heterocycles. The van der Waals surface area contributed by atoms with Crippen LogP contribution in [0.25, 0.3) is 0 Å². The SMILES string of the molecule is CC(c1cccc(N)c1)N(C)Cc1cc(F)cc(F)c1. The summed E-state index contributed by atoms with van der Waals surface area (Å²) in [6.45, 7) is 2.50. The van der Waals surface area contributed by atoms with E-state index in [2.05, 4.69) is 0 Å². The van der Waals surface area contributed by atoms with E-state index >= 15 is 0 Å². The van der Waals surface area contributed by atoms with Gasteiger partial charge in [-0.1, -0.05) is 12.1 Å². The van der Waals surface area contributed by atoms with E-state index in [0.29, 0.717) is 17.8 Å². The van der Waals surface area contributed by atoms with Gasteiger partial charge in [0.1, 0.15) is 11.6 Å². The molecule has 0 spiro atoms. The Morgan fingerprint density at radius 2 is 1.75 bits per heavy atom. The number of anilines is 1. The van der Waals surface area contributed by atoms with Crippen molar-refractivity contribution in [2.24, 2.45) is 0 Å². The molecule has 0 saturated carbocycles. The molecule has 2 N–H and O–H groups in total. The zero-order valence-electron chi connectivity index (χ0n) is 11.6. The van der Waals surface area contributed by atoms with Crippen molar-refractivity contribution >= 4 is 5.69 Å². The van der Waals surface area contributed by atoms with Crippen molar-refractivity contribution in [1.82, 2.24) is 4.90 Å². The molecule has 1 atom stereocenters. The first-order valence-electron chi connectivity index (χ1n) is 6.46. The Labute approximate surface area is 117 Å². The average molecular weight is 276 g/mol. The predicted octanol–water partition coefficient (Wildman–Crippen LogP) is 3.74. The first kappa shape index (κ1) is 14.5. The Morgan fingerprint density at radius 1 is 1.10 bits per heavy atom. The van der Waals surface area contributed by atoms with Gasteiger partial charge in [0, 0.05) is 24.3 Å². The van der Waals surface area contributed by atoms with Gasteiger partial charge in [0.05, 0.1) is 0 Å². The minimum Gasteiger partial charge on any atom is -0.399 e. The lowest BCUT2D eigenvalue weighted by Crippen LogP contribution is -2.22. The topological polar surface area (TPSA) is 29.3 Å². The van der Waals surface area contributed by atoms with Gasteiger partial charge in [0.2, 0.25) is 0 Å². The number of hydrogen-bond acceptors (Lipinski definition) is 2. The van der Waals surface area contributed by atoms with Crippen LogP contribution in [0.15, 0.2) is 42.5 Å². The normalized spacial score (nSPS) is 12.7. The molecule has 0 fully saturated rings. The minimum atomic E-state index is -0.551. The van der Waals surface area contributed by atoms with Crippen molar-refractivity contribution in [3.05, 3.63) is 65.2 Å². The van der Waals surface area contributed by atoms with Crippen LogP contribution >= 0.6 is 0 Å². The third-order valence-electron chi connectivity index (χ3n) is 3.41. The summed E-state index contributed by atoms with van der Waals surface area (Å²) in [6, 6.07) is 11.3. The highest BCUT2D eigenvalue weighted by Gasteiger charge is 2.13.